The molecule has 3 rings (SSSR count). The summed E-state index contributed by atoms with van der Waals surface area (Å²) in [7, 11) is 0. The lowest BCUT2D eigenvalue weighted by Gasteiger charge is -2.16. The number of hydrogen-bond acceptors (Lipinski definition) is 1. The van der Waals surface area contributed by atoms with Crippen LogP contribution < -0.4 is 0 Å². The van der Waals surface area contributed by atoms with Gasteiger partial charge >= 0.3 is 0 Å². The van der Waals surface area contributed by atoms with E-state index >= 15 is 0 Å². The number of aryl methyl sites for hydroxylation is 1. The predicted octanol–water partition coefficient (Wildman–Crippen LogP) is 2.57. The molecule has 3 nitrogen and oxygen atoms in total. The number of amides is 1. The number of nitrogens with zero attached hydrogens (tertiary/aromatic N) is 2. The van der Waals surface area contributed by atoms with E-state index in [-0.39, 0.29) is 5.91 Å². The number of carbonyl (C=O) groups excluding carboxylic acids is 1. The molecule has 2 aromatic rings. The predicted molar refractivity (Wildman–Crippen MR) is 72.5 cm³/mol. The molecule has 1 aromatic carbocycles. The fourth-order valence-electron chi connectivity index (χ4n) is 2.73. The molecule has 0 saturated carbocycles. The first-order valence-electron chi connectivity index (χ1n) is 6.58. The Morgan fingerprint density at radius 2 is 2.00 bits per heavy atom. The van der Waals surface area contributed by atoms with E-state index in [0.29, 0.717) is 6.54 Å². The van der Waals surface area contributed by atoms with E-state index in [4.69, 9.17) is 0 Å². The van der Waals surface area contributed by atoms with Gasteiger partial charge in [0.25, 0.3) is 0 Å². The van der Waals surface area contributed by atoms with Crippen LogP contribution >= 0.6 is 0 Å². The third-order valence-corrected chi connectivity index (χ3v) is 3.80. The highest BCUT2D eigenvalue weighted by molar-refractivity contribution is 5.85. The number of benzene rings is 1. The monoisotopic (exact) mass is 242 g/mol. The van der Waals surface area contributed by atoms with Gasteiger partial charge in [-0.05, 0) is 37.5 Å². The maximum atomic E-state index is 12.1. The highest BCUT2D eigenvalue weighted by Gasteiger charge is 2.18. The van der Waals surface area contributed by atoms with Crippen molar-refractivity contribution in [3.63, 3.8) is 0 Å². The van der Waals surface area contributed by atoms with Crippen molar-refractivity contribution in [2.24, 2.45) is 0 Å². The van der Waals surface area contributed by atoms with E-state index in [2.05, 4.69) is 35.8 Å². The minimum atomic E-state index is 0.242. The van der Waals surface area contributed by atoms with Crippen molar-refractivity contribution in [1.29, 1.82) is 0 Å². The van der Waals surface area contributed by atoms with Gasteiger partial charge in [0.05, 0.1) is 0 Å². The second kappa shape index (κ2) is 4.48. The van der Waals surface area contributed by atoms with Gasteiger partial charge in [-0.3, -0.25) is 4.79 Å². The van der Waals surface area contributed by atoms with Gasteiger partial charge in [-0.25, -0.2) is 0 Å². The Bertz CT molecular complexity index is 579. The number of likely N-dealkylation sites (tertiary alicyclic amines) is 1. The van der Waals surface area contributed by atoms with Gasteiger partial charge in [0, 0.05) is 30.2 Å². The van der Waals surface area contributed by atoms with E-state index in [1.807, 2.05) is 11.1 Å². The molecule has 1 aliphatic rings. The number of hydrogen-bond donors (Lipinski definition) is 0. The largest absolute Gasteiger partial charge is 0.341 e. The smallest absolute Gasteiger partial charge is 0.242 e. The van der Waals surface area contributed by atoms with E-state index in [1.165, 1.54) is 10.9 Å². The maximum Gasteiger partial charge on any atom is 0.242 e. The molecule has 0 N–H and O–H groups in total. The lowest BCUT2D eigenvalue weighted by molar-refractivity contribution is -0.130. The zero-order chi connectivity index (χ0) is 12.5. The van der Waals surface area contributed by atoms with Crippen LogP contribution in [0.1, 0.15) is 18.4 Å². The molecule has 1 fully saturated rings. The molecule has 0 spiro atoms. The van der Waals surface area contributed by atoms with Crippen LogP contribution in [-0.2, 0) is 11.3 Å². The number of aromatic nitrogens is 1. The van der Waals surface area contributed by atoms with Gasteiger partial charge in [0.15, 0.2) is 0 Å². The zero-order valence-corrected chi connectivity index (χ0v) is 10.7. The number of rotatable bonds is 2. The highest BCUT2D eigenvalue weighted by atomic mass is 16.2. The average molecular weight is 242 g/mol. The van der Waals surface area contributed by atoms with E-state index in [9.17, 15) is 4.79 Å². The highest BCUT2D eigenvalue weighted by Crippen LogP contribution is 2.20. The maximum absolute atomic E-state index is 12.1. The summed E-state index contributed by atoms with van der Waals surface area (Å²) >= 11 is 0. The van der Waals surface area contributed by atoms with Gasteiger partial charge in [-0.1, -0.05) is 12.1 Å². The average Bonchev–Trinajstić information content (AvgIpc) is 2.99. The van der Waals surface area contributed by atoms with Gasteiger partial charge in [0.1, 0.15) is 6.54 Å². The Hall–Kier alpha value is -1.77. The normalized spacial score (nSPS) is 15.5. The van der Waals surface area contributed by atoms with Crippen LogP contribution in [0.25, 0.3) is 10.9 Å². The quantitative estimate of drug-likeness (QED) is 0.794. The summed E-state index contributed by atoms with van der Waals surface area (Å²) < 4.78 is 2.06. The molecule has 0 unspecified atom stereocenters. The van der Waals surface area contributed by atoms with Crippen LogP contribution in [0.15, 0.2) is 30.5 Å². The topological polar surface area (TPSA) is 25.2 Å². The zero-order valence-electron chi connectivity index (χ0n) is 10.7. The Balaban J connectivity index is 1.86. The molecule has 1 saturated heterocycles. The Labute approximate surface area is 107 Å². The summed E-state index contributed by atoms with van der Waals surface area (Å²) in [5.74, 6) is 0.242. The van der Waals surface area contributed by atoms with Crippen LogP contribution in [0.4, 0.5) is 0 Å². The summed E-state index contributed by atoms with van der Waals surface area (Å²) in [6.45, 7) is 4.43. The molecular formula is C15H18N2O. The lowest BCUT2D eigenvalue weighted by Crippen LogP contribution is -2.30. The van der Waals surface area contributed by atoms with Crippen molar-refractivity contribution in [3.8, 4) is 0 Å². The fourth-order valence-corrected chi connectivity index (χ4v) is 2.73. The Kier molecular flexibility index (Phi) is 2.82. The van der Waals surface area contributed by atoms with Gasteiger partial charge in [-0.2, -0.15) is 0 Å². The molecule has 2 heterocycles. The second-order valence-corrected chi connectivity index (χ2v) is 5.04. The molecule has 0 radical (unpaired) electrons. The first kappa shape index (κ1) is 11.3. The molecular weight excluding hydrogens is 224 g/mol. The van der Waals surface area contributed by atoms with Crippen molar-refractivity contribution in [3.05, 3.63) is 36.0 Å². The second-order valence-electron chi connectivity index (χ2n) is 5.04. The van der Waals surface area contributed by atoms with Crippen molar-refractivity contribution in [2.75, 3.05) is 13.1 Å². The molecule has 1 aliphatic heterocycles. The third-order valence-electron chi connectivity index (χ3n) is 3.80. The molecule has 18 heavy (non-hydrogen) atoms. The minimum absolute atomic E-state index is 0.242. The first-order chi connectivity index (χ1) is 8.75. The third kappa shape index (κ3) is 1.90. The molecule has 3 heteroatoms. The molecule has 0 bridgehead atoms. The lowest BCUT2D eigenvalue weighted by atomic mass is 10.1. The fraction of sp³-hybridized carbons (Fsp3) is 0.400. The Morgan fingerprint density at radius 3 is 2.78 bits per heavy atom. The van der Waals surface area contributed by atoms with Gasteiger partial charge in [-0.15, -0.1) is 0 Å². The standard InChI is InChI=1S/C15H18N2O/c1-12-5-4-6-14-13(12)7-10-17(14)11-15(18)16-8-2-3-9-16/h4-7,10H,2-3,8-9,11H2,1H3. The summed E-state index contributed by atoms with van der Waals surface area (Å²) in [6, 6.07) is 8.34. The van der Waals surface area contributed by atoms with E-state index < -0.39 is 0 Å². The summed E-state index contributed by atoms with van der Waals surface area (Å²) in [4.78, 5) is 14.1. The molecule has 0 aliphatic carbocycles. The van der Waals surface area contributed by atoms with Crippen LogP contribution in [0.5, 0.6) is 0 Å². The van der Waals surface area contributed by atoms with Crippen molar-refractivity contribution >= 4 is 16.8 Å². The summed E-state index contributed by atoms with van der Waals surface area (Å²) in [5.41, 5.74) is 2.42. The van der Waals surface area contributed by atoms with Crippen LogP contribution in [0, 0.1) is 6.92 Å². The molecule has 1 amide bonds. The van der Waals surface area contributed by atoms with Gasteiger partial charge < -0.3 is 9.47 Å². The number of carbonyl (C=O) groups is 1. The molecule has 94 valence electrons. The SMILES string of the molecule is Cc1cccc2c1ccn2CC(=O)N1CCCC1. The Morgan fingerprint density at radius 1 is 1.22 bits per heavy atom. The van der Waals surface area contributed by atoms with E-state index in [0.717, 1.165) is 31.4 Å². The molecule has 0 atom stereocenters. The minimum Gasteiger partial charge on any atom is -0.341 e. The summed E-state index contributed by atoms with van der Waals surface area (Å²) in [6.07, 6.45) is 4.32. The summed E-state index contributed by atoms with van der Waals surface area (Å²) in [5, 5.41) is 1.24. The van der Waals surface area contributed by atoms with Crippen molar-refractivity contribution in [1.82, 2.24) is 9.47 Å². The van der Waals surface area contributed by atoms with Crippen molar-refractivity contribution in [2.45, 2.75) is 26.3 Å². The van der Waals surface area contributed by atoms with Crippen molar-refractivity contribution < 1.29 is 4.79 Å². The first-order valence-corrected chi connectivity index (χ1v) is 6.58. The van der Waals surface area contributed by atoms with Crippen LogP contribution in [0.3, 0.4) is 0 Å². The number of fused-ring (bicyclic) bond motifs is 1. The van der Waals surface area contributed by atoms with Gasteiger partial charge in [0.2, 0.25) is 5.91 Å². The van der Waals surface area contributed by atoms with Crippen LogP contribution in [-0.4, -0.2) is 28.5 Å². The molecule has 1 aromatic heterocycles. The van der Waals surface area contributed by atoms with E-state index in [1.54, 1.807) is 0 Å². The van der Waals surface area contributed by atoms with Crippen LogP contribution in [0.2, 0.25) is 0 Å².